The average molecular weight is 248 g/mol. The summed E-state index contributed by atoms with van der Waals surface area (Å²) in [6, 6.07) is 2.35. The zero-order valence-electron chi connectivity index (χ0n) is 10.8. The smallest absolute Gasteiger partial charge is 0.136 e. The number of anilines is 2. The largest absolute Gasteiger partial charge is 0.379 e. The van der Waals surface area contributed by atoms with Gasteiger partial charge < -0.3 is 15.4 Å². The van der Waals surface area contributed by atoms with Gasteiger partial charge >= 0.3 is 0 Å². The molecule has 1 unspecified atom stereocenters. The maximum absolute atomic E-state index is 5.48. The first kappa shape index (κ1) is 11.7. The summed E-state index contributed by atoms with van der Waals surface area (Å²) in [5.41, 5.74) is 0. The molecule has 1 aromatic heterocycles. The van der Waals surface area contributed by atoms with Gasteiger partial charge in [0, 0.05) is 25.6 Å². The third-order valence-electron chi connectivity index (χ3n) is 3.45. The van der Waals surface area contributed by atoms with Crippen molar-refractivity contribution in [3.05, 3.63) is 11.9 Å². The number of hydrogen-bond donors (Lipinski definition) is 2. The number of ether oxygens (including phenoxy) is 1. The molecular formula is C13H20N4O. The zero-order chi connectivity index (χ0) is 12.4. The lowest BCUT2D eigenvalue weighted by atomic mass is 10.1. The highest BCUT2D eigenvalue weighted by atomic mass is 16.5. The molecule has 18 heavy (non-hydrogen) atoms. The van der Waals surface area contributed by atoms with Crippen LogP contribution >= 0.6 is 0 Å². The molecule has 0 aromatic carbocycles. The summed E-state index contributed by atoms with van der Waals surface area (Å²) in [5.74, 6) is 3.36. The molecule has 0 radical (unpaired) electrons. The van der Waals surface area contributed by atoms with Gasteiger partial charge in [0.25, 0.3) is 0 Å². The van der Waals surface area contributed by atoms with Gasteiger partial charge in [-0.1, -0.05) is 0 Å². The SMILES string of the molecule is CNc1cc(NC2CCCOC2)nc(C2CC2)n1. The minimum absolute atomic E-state index is 0.380. The standard InChI is InChI=1S/C13H20N4O/c1-14-11-7-12(15-10-3-2-6-18-8-10)17-13(16-11)9-4-5-9/h7,9-10H,2-6,8H2,1H3,(H2,14,15,16,17). The fourth-order valence-corrected chi connectivity index (χ4v) is 2.26. The van der Waals surface area contributed by atoms with E-state index in [1.165, 1.54) is 12.8 Å². The van der Waals surface area contributed by atoms with Crippen LogP contribution in [-0.4, -0.2) is 36.3 Å². The molecule has 0 bridgehead atoms. The highest BCUT2D eigenvalue weighted by Crippen LogP contribution is 2.38. The molecule has 1 atom stereocenters. The number of nitrogens with one attached hydrogen (secondary N) is 2. The number of nitrogens with zero attached hydrogens (tertiary/aromatic N) is 2. The van der Waals surface area contributed by atoms with Crippen molar-refractivity contribution in [2.24, 2.45) is 0 Å². The molecule has 1 saturated heterocycles. The minimum atomic E-state index is 0.380. The first-order valence-corrected chi connectivity index (χ1v) is 6.76. The molecule has 1 aliphatic heterocycles. The molecule has 2 fully saturated rings. The molecular weight excluding hydrogens is 228 g/mol. The molecule has 1 aromatic rings. The van der Waals surface area contributed by atoms with Crippen LogP contribution in [0.1, 0.15) is 37.4 Å². The quantitative estimate of drug-likeness (QED) is 0.853. The van der Waals surface area contributed by atoms with Gasteiger partial charge in [0.1, 0.15) is 17.5 Å². The van der Waals surface area contributed by atoms with E-state index in [4.69, 9.17) is 4.74 Å². The summed E-state index contributed by atoms with van der Waals surface area (Å²) >= 11 is 0. The molecule has 2 N–H and O–H groups in total. The molecule has 5 heteroatoms. The molecule has 2 aliphatic rings. The average Bonchev–Trinajstić information content (AvgIpc) is 3.24. The Morgan fingerprint density at radius 3 is 2.72 bits per heavy atom. The summed E-state index contributed by atoms with van der Waals surface area (Å²) in [4.78, 5) is 9.13. The molecule has 1 saturated carbocycles. The van der Waals surface area contributed by atoms with E-state index in [0.717, 1.165) is 43.5 Å². The van der Waals surface area contributed by atoms with Gasteiger partial charge in [0.2, 0.25) is 0 Å². The predicted molar refractivity (Wildman–Crippen MR) is 71.0 cm³/mol. The van der Waals surface area contributed by atoms with Gasteiger partial charge in [0.05, 0.1) is 12.6 Å². The monoisotopic (exact) mass is 248 g/mol. The maximum Gasteiger partial charge on any atom is 0.136 e. The maximum atomic E-state index is 5.48. The number of aromatic nitrogens is 2. The van der Waals surface area contributed by atoms with Crippen LogP contribution in [0.25, 0.3) is 0 Å². The summed E-state index contributed by atoms with van der Waals surface area (Å²) < 4.78 is 5.48. The van der Waals surface area contributed by atoms with Crippen LogP contribution in [-0.2, 0) is 4.74 Å². The summed E-state index contributed by atoms with van der Waals surface area (Å²) in [6.07, 6.45) is 4.72. The molecule has 3 rings (SSSR count). The molecule has 2 heterocycles. The van der Waals surface area contributed by atoms with E-state index in [1.807, 2.05) is 13.1 Å². The lowest BCUT2D eigenvalue weighted by molar-refractivity contribution is 0.0875. The van der Waals surface area contributed by atoms with Crippen molar-refractivity contribution in [1.29, 1.82) is 0 Å². The van der Waals surface area contributed by atoms with Gasteiger partial charge in [-0.05, 0) is 25.7 Å². The van der Waals surface area contributed by atoms with E-state index in [0.29, 0.717) is 12.0 Å². The summed E-state index contributed by atoms with van der Waals surface area (Å²) in [7, 11) is 1.90. The van der Waals surface area contributed by atoms with Gasteiger partial charge in [-0.2, -0.15) is 0 Å². The lowest BCUT2D eigenvalue weighted by Gasteiger charge is -2.24. The van der Waals surface area contributed by atoms with Gasteiger partial charge in [-0.3, -0.25) is 0 Å². The Bertz CT molecular complexity index is 413. The Morgan fingerprint density at radius 1 is 1.22 bits per heavy atom. The van der Waals surface area contributed by atoms with Crippen molar-refractivity contribution in [2.75, 3.05) is 30.9 Å². The number of hydrogen-bond acceptors (Lipinski definition) is 5. The second-order valence-electron chi connectivity index (χ2n) is 5.08. The van der Waals surface area contributed by atoms with Crippen molar-refractivity contribution >= 4 is 11.6 Å². The summed E-state index contributed by atoms with van der Waals surface area (Å²) in [6.45, 7) is 1.66. The van der Waals surface area contributed by atoms with Crippen LogP contribution in [0.4, 0.5) is 11.6 Å². The normalized spacial score (nSPS) is 23.7. The van der Waals surface area contributed by atoms with E-state index < -0.39 is 0 Å². The van der Waals surface area contributed by atoms with Crippen LogP contribution in [0, 0.1) is 0 Å². The van der Waals surface area contributed by atoms with Gasteiger partial charge in [-0.25, -0.2) is 9.97 Å². The van der Waals surface area contributed by atoms with Crippen LogP contribution < -0.4 is 10.6 Å². The van der Waals surface area contributed by atoms with E-state index in [1.54, 1.807) is 0 Å². The highest BCUT2D eigenvalue weighted by Gasteiger charge is 2.27. The molecule has 98 valence electrons. The van der Waals surface area contributed by atoms with Crippen LogP contribution in [0.5, 0.6) is 0 Å². The highest BCUT2D eigenvalue weighted by molar-refractivity contribution is 5.48. The molecule has 0 spiro atoms. The Balaban J connectivity index is 1.74. The fraction of sp³-hybridized carbons (Fsp3) is 0.692. The van der Waals surface area contributed by atoms with E-state index in [9.17, 15) is 0 Å². The van der Waals surface area contributed by atoms with Crippen molar-refractivity contribution < 1.29 is 4.74 Å². The predicted octanol–water partition coefficient (Wildman–Crippen LogP) is 1.99. The van der Waals surface area contributed by atoms with E-state index >= 15 is 0 Å². The zero-order valence-corrected chi connectivity index (χ0v) is 10.8. The third-order valence-corrected chi connectivity index (χ3v) is 3.45. The van der Waals surface area contributed by atoms with Gasteiger partial charge in [0.15, 0.2) is 0 Å². The topological polar surface area (TPSA) is 59.1 Å². The van der Waals surface area contributed by atoms with Crippen molar-refractivity contribution in [1.82, 2.24) is 9.97 Å². The van der Waals surface area contributed by atoms with Crippen LogP contribution in [0.15, 0.2) is 6.07 Å². The van der Waals surface area contributed by atoms with Gasteiger partial charge in [-0.15, -0.1) is 0 Å². The van der Waals surface area contributed by atoms with E-state index in [2.05, 4.69) is 20.6 Å². The Morgan fingerprint density at radius 2 is 2.06 bits per heavy atom. The Kier molecular flexibility index (Phi) is 3.32. The first-order chi connectivity index (χ1) is 8.85. The number of rotatable bonds is 4. The third kappa shape index (κ3) is 2.72. The minimum Gasteiger partial charge on any atom is -0.379 e. The van der Waals surface area contributed by atoms with Crippen molar-refractivity contribution in [3.8, 4) is 0 Å². The van der Waals surface area contributed by atoms with Crippen LogP contribution in [0.3, 0.4) is 0 Å². The second-order valence-corrected chi connectivity index (χ2v) is 5.08. The van der Waals surface area contributed by atoms with Crippen molar-refractivity contribution in [2.45, 2.75) is 37.6 Å². The Hall–Kier alpha value is -1.36. The van der Waals surface area contributed by atoms with E-state index in [-0.39, 0.29) is 0 Å². The first-order valence-electron chi connectivity index (χ1n) is 6.76. The summed E-state index contributed by atoms with van der Waals surface area (Å²) in [5, 5.41) is 6.57. The Labute approximate surface area is 107 Å². The lowest BCUT2D eigenvalue weighted by Crippen LogP contribution is -2.30. The van der Waals surface area contributed by atoms with Crippen molar-refractivity contribution in [3.63, 3.8) is 0 Å². The fourth-order valence-electron chi connectivity index (χ4n) is 2.26. The van der Waals surface area contributed by atoms with Crippen LogP contribution in [0.2, 0.25) is 0 Å². The molecule has 1 aliphatic carbocycles. The second kappa shape index (κ2) is 5.10. The molecule has 0 amide bonds. The molecule has 5 nitrogen and oxygen atoms in total.